The van der Waals surface area contributed by atoms with Crippen LogP contribution < -0.4 is 5.32 Å². The lowest BCUT2D eigenvalue weighted by Gasteiger charge is -2.28. The van der Waals surface area contributed by atoms with Crippen LogP contribution in [0.15, 0.2) is 36.7 Å². The van der Waals surface area contributed by atoms with Gasteiger partial charge in [-0.05, 0) is 30.0 Å². The molecule has 0 saturated carbocycles. The van der Waals surface area contributed by atoms with Crippen molar-refractivity contribution < 1.29 is 4.79 Å². The molecule has 23 heavy (non-hydrogen) atoms. The fourth-order valence-electron chi connectivity index (χ4n) is 2.99. The summed E-state index contributed by atoms with van der Waals surface area (Å²) in [5, 5.41) is 7.20. The number of aryl methyl sites for hydroxylation is 2. The highest BCUT2D eigenvalue weighted by Crippen LogP contribution is 2.17. The SMILES string of the molecule is Cc1cnn(CCC(=O)NCCN2CCc3ccccc3C2)c1. The highest BCUT2D eigenvalue weighted by atomic mass is 16.1. The van der Waals surface area contributed by atoms with E-state index in [0.717, 1.165) is 31.6 Å². The Bertz CT molecular complexity index is 665. The topological polar surface area (TPSA) is 50.2 Å². The van der Waals surface area contributed by atoms with Crippen LogP contribution in [0.2, 0.25) is 0 Å². The van der Waals surface area contributed by atoms with Gasteiger partial charge in [0.15, 0.2) is 0 Å². The molecule has 1 aliphatic heterocycles. The highest BCUT2D eigenvalue weighted by Gasteiger charge is 2.15. The fraction of sp³-hybridized carbons (Fsp3) is 0.444. The van der Waals surface area contributed by atoms with Crippen molar-refractivity contribution in [3.8, 4) is 0 Å². The first kappa shape index (κ1) is 15.7. The molecule has 122 valence electrons. The second-order valence-electron chi connectivity index (χ2n) is 6.18. The quantitative estimate of drug-likeness (QED) is 0.884. The summed E-state index contributed by atoms with van der Waals surface area (Å²) < 4.78 is 1.82. The van der Waals surface area contributed by atoms with Gasteiger partial charge in [-0.2, -0.15) is 5.10 Å². The summed E-state index contributed by atoms with van der Waals surface area (Å²) in [6.07, 6.45) is 5.34. The second-order valence-corrected chi connectivity index (χ2v) is 6.18. The Morgan fingerprint density at radius 1 is 1.26 bits per heavy atom. The van der Waals surface area contributed by atoms with Gasteiger partial charge in [-0.15, -0.1) is 0 Å². The van der Waals surface area contributed by atoms with Crippen LogP contribution in [-0.4, -0.2) is 40.2 Å². The first-order valence-corrected chi connectivity index (χ1v) is 8.25. The minimum absolute atomic E-state index is 0.0931. The number of carbonyl (C=O) groups excluding carboxylic acids is 1. The van der Waals surface area contributed by atoms with Gasteiger partial charge in [-0.1, -0.05) is 24.3 Å². The van der Waals surface area contributed by atoms with Gasteiger partial charge in [0.05, 0.1) is 6.20 Å². The summed E-state index contributed by atoms with van der Waals surface area (Å²) in [5.41, 5.74) is 4.00. The molecule has 1 aliphatic rings. The van der Waals surface area contributed by atoms with Gasteiger partial charge < -0.3 is 5.32 Å². The molecule has 1 aromatic carbocycles. The van der Waals surface area contributed by atoms with Gasteiger partial charge in [-0.25, -0.2) is 0 Å². The van der Waals surface area contributed by atoms with Gasteiger partial charge in [0.1, 0.15) is 0 Å². The lowest BCUT2D eigenvalue weighted by Crippen LogP contribution is -2.38. The van der Waals surface area contributed by atoms with Crippen LogP contribution in [0.5, 0.6) is 0 Å². The number of nitrogens with one attached hydrogen (secondary N) is 1. The van der Waals surface area contributed by atoms with E-state index in [4.69, 9.17) is 0 Å². The Hall–Kier alpha value is -2.14. The number of amides is 1. The normalized spacial score (nSPS) is 14.5. The first-order chi connectivity index (χ1) is 11.2. The zero-order chi connectivity index (χ0) is 16.1. The molecule has 2 aromatic rings. The first-order valence-electron chi connectivity index (χ1n) is 8.25. The van der Waals surface area contributed by atoms with E-state index in [9.17, 15) is 4.79 Å². The van der Waals surface area contributed by atoms with Crippen LogP contribution in [0.25, 0.3) is 0 Å². The summed E-state index contributed by atoms with van der Waals surface area (Å²) in [6.45, 7) is 6.30. The molecule has 0 saturated heterocycles. The maximum atomic E-state index is 11.9. The number of rotatable bonds is 6. The molecular weight excluding hydrogens is 288 g/mol. The number of aromatic nitrogens is 2. The molecule has 2 heterocycles. The third kappa shape index (κ3) is 4.42. The molecular formula is C18H24N4O. The predicted octanol–water partition coefficient (Wildman–Crippen LogP) is 1.76. The Balaban J connectivity index is 1.36. The van der Waals surface area contributed by atoms with E-state index in [2.05, 4.69) is 39.6 Å². The average Bonchev–Trinajstić information content (AvgIpc) is 2.98. The lowest BCUT2D eigenvalue weighted by atomic mass is 10.00. The number of benzene rings is 1. The Labute approximate surface area is 137 Å². The van der Waals surface area contributed by atoms with Gasteiger partial charge in [-0.3, -0.25) is 14.4 Å². The van der Waals surface area contributed by atoms with Gasteiger partial charge >= 0.3 is 0 Å². The minimum atomic E-state index is 0.0931. The maximum absolute atomic E-state index is 11.9. The smallest absolute Gasteiger partial charge is 0.221 e. The fourth-order valence-corrected chi connectivity index (χ4v) is 2.99. The molecule has 3 rings (SSSR count). The molecule has 0 fully saturated rings. The largest absolute Gasteiger partial charge is 0.355 e. The minimum Gasteiger partial charge on any atom is -0.355 e. The zero-order valence-corrected chi connectivity index (χ0v) is 13.7. The van der Waals surface area contributed by atoms with Crippen molar-refractivity contribution in [1.82, 2.24) is 20.0 Å². The van der Waals surface area contributed by atoms with Crippen molar-refractivity contribution in [2.24, 2.45) is 0 Å². The Kier molecular flexibility index (Phi) is 5.08. The van der Waals surface area contributed by atoms with Crippen LogP contribution in [0.1, 0.15) is 23.1 Å². The van der Waals surface area contributed by atoms with Gasteiger partial charge in [0, 0.05) is 45.3 Å². The molecule has 0 radical (unpaired) electrons. The van der Waals surface area contributed by atoms with Crippen LogP contribution in [-0.2, 0) is 24.3 Å². The molecule has 5 nitrogen and oxygen atoms in total. The van der Waals surface area contributed by atoms with Crippen LogP contribution in [0, 0.1) is 6.92 Å². The van der Waals surface area contributed by atoms with Crippen molar-refractivity contribution in [1.29, 1.82) is 0 Å². The van der Waals surface area contributed by atoms with Crippen LogP contribution in [0.3, 0.4) is 0 Å². The molecule has 0 aliphatic carbocycles. The highest BCUT2D eigenvalue weighted by molar-refractivity contribution is 5.75. The van der Waals surface area contributed by atoms with Crippen LogP contribution >= 0.6 is 0 Å². The molecule has 1 aromatic heterocycles. The Morgan fingerprint density at radius 3 is 2.87 bits per heavy atom. The number of hydrogen-bond acceptors (Lipinski definition) is 3. The van der Waals surface area contributed by atoms with Gasteiger partial charge in [0.25, 0.3) is 0 Å². The summed E-state index contributed by atoms with van der Waals surface area (Å²) in [6, 6.07) is 8.62. The predicted molar refractivity (Wildman–Crippen MR) is 90.0 cm³/mol. The second kappa shape index (κ2) is 7.42. The molecule has 0 atom stereocenters. The summed E-state index contributed by atoms with van der Waals surface area (Å²) >= 11 is 0. The third-order valence-corrected chi connectivity index (χ3v) is 4.29. The number of carbonyl (C=O) groups is 1. The van der Waals surface area contributed by atoms with Crippen molar-refractivity contribution in [2.45, 2.75) is 32.9 Å². The standard InChI is InChI=1S/C18H24N4O/c1-15-12-20-22(13-15)10-7-18(23)19-8-11-21-9-6-16-4-2-3-5-17(16)14-21/h2-5,12-13H,6-11,14H2,1H3,(H,19,23). The zero-order valence-electron chi connectivity index (χ0n) is 13.7. The van der Waals surface area contributed by atoms with Crippen molar-refractivity contribution in [2.75, 3.05) is 19.6 Å². The molecule has 0 bridgehead atoms. The molecule has 1 N–H and O–H groups in total. The lowest BCUT2D eigenvalue weighted by molar-refractivity contribution is -0.121. The molecule has 1 amide bonds. The van der Waals surface area contributed by atoms with E-state index in [1.807, 2.05) is 24.0 Å². The van der Waals surface area contributed by atoms with E-state index in [1.165, 1.54) is 11.1 Å². The monoisotopic (exact) mass is 312 g/mol. The number of hydrogen-bond donors (Lipinski definition) is 1. The van der Waals surface area contributed by atoms with Crippen molar-refractivity contribution in [3.63, 3.8) is 0 Å². The molecule has 0 unspecified atom stereocenters. The number of nitrogens with zero attached hydrogens (tertiary/aromatic N) is 3. The number of fused-ring (bicyclic) bond motifs is 1. The average molecular weight is 312 g/mol. The van der Waals surface area contributed by atoms with Gasteiger partial charge in [0.2, 0.25) is 5.91 Å². The molecule has 5 heteroatoms. The summed E-state index contributed by atoms with van der Waals surface area (Å²) in [7, 11) is 0. The van der Waals surface area contributed by atoms with E-state index in [-0.39, 0.29) is 5.91 Å². The Morgan fingerprint density at radius 2 is 2.09 bits per heavy atom. The third-order valence-electron chi connectivity index (χ3n) is 4.29. The summed E-state index contributed by atoms with van der Waals surface area (Å²) in [4.78, 5) is 14.3. The van der Waals surface area contributed by atoms with Crippen molar-refractivity contribution >= 4 is 5.91 Å². The maximum Gasteiger partial charge on any atom is 0.221 e. The summed E-state index contributed by atoms with van der Waals surface area (Å²) in [5.74, 6) is 0.0931. The van der Waals surface area contributed by atoms with Crippen molar-refractivity contribution in [3.05, 3.63) is 53.3 Å². The van der Waals surface area contributed by atoms with E-state index < -0.39 is 0 Å². The van der Waals surface area contributed by atoms with E-state index in [1.54, 1.807) is 0 Å². The van der Waals surface area contributed by atoms with Crippen LogP contribution in [0.4, 0.5) is 0 Å². The molecule has 0 spiro atoms. The van der Waals surface area contributed by atoms with E-state index >= 15 is 0 Å². The van der Waals surface area contributed by atoms with E-state index in [0.29, 0.717) is 19.5 Å².